The quantitative estimate of drug-likeness (QED) is 0.822. The van der Waals surface area contributed by atoms with Crippen LogP contribution >= 0.6 is 0 Å². The minimum absolute atomic E-state index is 0.00297. The lowest BCUT2D eigenvalue weighted by Gasteiger charge is -2.17. The van der Waals surface area contributed by atoms with Gasteiger partial charge in [-0.15, -0.1) is 0 Å². The van der Waals surface area contributed by atoms with Crippen LogP contribution in [0.25, 0.3) is 11.3 Å². The van der Waals surface area contributed by atoms with Crippen molar-refractivity contribution >= 4 is 10.0 Å². The van der Waals surface area contributed by atoms with Crippen molar-refractivity contribution in [3.8, 4) is 11.3 Å². The van der Waals surface area contributed by atoms with E-state index in [-0.39, 0.29) is 6.04 Å². The van der Waals surface area contributed by atoms with E-state index >= 15 is 0 Å². The van der Waals surface area contributed by atoms with Crippen molar-refractivity contribution < 1.29 is 12.8 Å². The maximum absolute atomic E-state index is 11.6. The van der Waals surface area contributed by atoms with Gasteiger partial charge in [0.25, 0.3) is 0 Å². The molecule has 2 atom stereocenters. The number of furan rings is 1. The predicted molar refractivity (Wildman–Crippen MR) is 99.6 cm³/mol. The Balaban J connectivity index is 1.70. The minimum atomic E-state index is -3.18. The van der Waals surface area contributed by atoms with E-state index in [9.17, 15) is 8.42 Å². The van der Waals surface area contributed by atoms with Crippen molar-refractivity contribution in [2.75, 3.05) is 19.3 Å². The standard InChI is InChI=1S/C19H26N2O3S/c1-3-6-17-13-21(14-18(17)20-25(2,22)23)12-15-7-4-8-16(11-15)19-9-5-10-24-19/h4-5,7-11,17-18,20H,3,6,12-14H2,1-2H3. The van der Waals surface area contributed by atoms with Gasteiger partial charge in [0.05, 0.1) is 12.5 Å². The fourth-order valence-electron chi connectivity index (χ4n) is 3.69. The topological polar surface area (TPSA) is 62.6 Å². The highest BCUT2D eigenvalue weighted by molar-refractivity contribution is 7.88. The molecule has 1 saturated heterocycles. The van der Waals surface area contributed by atoms with Gasteiger partial charge in [-0.3, -0.25) is 4.90 Å². The summed E-state index contributed by atoms with van der Waals surface area (Å²) in [5.74, 6) is 1.23. The molecule has 5 nitrogen and oxygen atoms in total. The van der Waals surface area contributed by atoms with E-state index in [0.717, 1.165) is 43.8 Å². The summed E-state index contributed by atoms with van der Waals surface area (Å²) in [6.07, 6.45) is 5.02. The van der Waals surface area contributed by atoms with Gasteiger partial charge in [-0.25, -0.2) is 13.1 Å². The van der Waals surface area contributed by atoms with Gasteiger partial charge in [-0.1, -0.05) is 31.5 Å². The number of nitrogens with zero attached hydrogens (tertiary/aromatic N) is 1. The first-order valence-electron chi connectivity index (χ1n) is 8.77. The summed E-state index contributed by atoms with van der Waals surface area (Å²) < 4.78 is 31.6. The first kappa shape index (κ1) is 18.2. The number of hydrogen-bond acceptors (Lipinski definition) is 4. The summed E-state index contributed by atoms with van der Waals surface area (Å²) in [5, 5.41) is 0. The van der Waals surface area contributed by atoms with Crippen LogP contribution in [0.2, 0.25) is 0 Å². The maximum Gasteiger partial charge on any atom is 0.209 e. The Labute approximate surface area is 150 Å². The average Bonchev–Trinajstić information content (AvgIpc) is 3.17. The molecule has 136 valence electrons. The largest absolute Gasteiger partial charge is 0.464 e. The average molecular weight is 362 g/mol. The SMILES string of the molecule is CCCC1CN(Cc2cccc(-c3ccco3)c2)CC1NS(C)(=O)=O. The van der Waals surface area contributed by atoms with Gasteiger partial charge in [0, 0.05) is 31.2 Å². The molecule has 25 heavy (non-hydrogen) atoms. The van der Waals surface area contributed by atoms with Gasteiger partial charge in [-0.05, 0) is 36.1 Å². The maximum atomic E-state index is 11.6. The van der Waals surface area contributed by atoms with Gasteiger partial charge >= 0.3 is 0 Å². The summed E-state index contributed by atoms with van der Waals surface area (Å²) >= 11 is 0. The molecule has 1 N–H and O–H groups in total. The summed E-state index contributed by atoms with van der Waals surface area (Å²) in [4.78, 5) is 2.34. The molecule has 2 heterocycles. The zero-order valence-corrected chi connectivity index (χ0v) is 15.6. The number of nitrogens with one attached hydrogen (secondary N) is 1. The van der Waals surface area contributed by atoms with E-state index in [4.69, 9.17) is 4.42 Å². The van der Waals surface area contributed by atoms with Crippen LogP contribution in [0.1, 0.15) is 25.3 Å². The molecule has 6 heteroatoms. The lowest BCUT2D eigenvalue weighted by Crippen LogP contribution is -2.39. The lowest BCUT2D eigenvalue weighted by atomic mass is 9.99. The Hall–Kier alpha value is -1.63. The molecule has 0 saturated carbocycles. The molecule has 3 rings (SSSR count). The second-order valence-electron chi connectivity index (χ2n) is 6.92. The second-order valence-corrected chi connectivity index (χ2v) is 8.70. The molecule has 1 aromatic heterocycles. The Bertz CT molecular complexity index is 787. The molecule has 2 aromatic rings. The summed E-state index contributed by atoms with van der Waals surface area (Å²) in [5.41, 5.74) is 2.28. The summed E-state index contributed by atoms with van der Waals surface area (Å²) in [7, 11) is -3.18. The number of benzene rings is 1. The fraction of sp³-hybridized carbons (Fsp3) is 0.474. The molecule has 1 aromatic carbocycles. The van der Waals surface area contributed by atoms with Crippen LogP contribution in [-0.4, -0.2) is 38.7 Å². The Morgan fingerprint density at radius 2 is 2.08 bits per heavy atom. The van der Waals surface area contributed by atoms with Gasteiger partial charge in [0.15, 0.2) is 0 Å². The van der Waals surface area contributed by atoms with Gasteiger partial charge in [0.2, 0.25) is 10.0 Å². The number of hydrogen-bond donors (Lipinski definition) is 1. The van der Waals surface area contributed by atoms with E-state index in [1.165, 1.54) is 11.8 Å². The minimum Gasteiger partial charge on any atom is -0.464 e. The number of rotatable bonds is 7. The first-order valence-corrected chi connectivity index (χ1v) is 10.7. The van der Waals surface area contributed by atoms with E-state index in [2.05, 4.69) is 28.7 Å². The molecule has 1 aliphatic heterocycles. The second kappa shape index (κ2) is 7.72. The highest BCUT2D eigenvalue weighted by Gasteiger charge is 2.33. The highest BCUT2D eigenvalue weighted by atomic mass is 32.2. The zero-order valence-electron chi connectivity index (χ0n) is 14.8. The Morgan fingerprint density at radius 3 is 2.76 bits per heavy atom. The van der Waals surface area contributed by atoms with Crippen LogP contribution in [0.5, 0.6) is 0 Å². The number of likely N-dealkylation sites (tertiary alicyclic amines) is 1. The lowest BCUT2D eigenvalue weighted by molar-refractivity contribution is 0.312. The third-order valence-electron chi connectivity index (χ3n) is 4.68. The molecule has 0 aliphatic carbocycles. The zero-order chi connectivity index (χ0) is 17.9. The molecule has 0 radical (unpaired) electrons. The monoisotopic (exact) mass is 362 g/mol. The first-order chi connectivity index (χ1) is 11.9. The van der Waals surface area contributed by atoms with Crippen molar-refractivity contribution in [3.05, 3.63) is 48.2 Å². The van der Waals surface area contributed by atoms with Crippen molar-refractivity contribution in [3.63, 3.8) is 0 Å². The molecule has 1 aliphatic rings. The van der Waals surface area contributed by atoms with E-state index < -0.39 is 10.0 Å². The van der Waals surface area contributed by atoms with Crippen molar-refractivity contribution in [2.24, 2.45) is 5.92 Å². The fourth-order valence-corrected chi connectivity index (χ4v) is 4.50. The molecular formula is C19H26N2O3S. The van der Waals surface area contributed by atoms with Gasteiger partial charge < -0.3 is 4.42 Å². The smallest absolute Gasteiger partial charge is 0.209 e. The van der Waals surface area contributed by atoms with Crippen LogP contribution in [0.4, 0.5) is 0 Å². The van der Waals surface area contributed by atoms with Crippen molar-refractivity contribution in [2.45, 2.75) is 32.4 Å². The Kier molecular flexibility index (Phi) is 5.61. The molecule has 0 spiro atoms. The van der Waals surface area contributed by atoms with Crippen LogP contribution in [0, 0.1) is 5.92 Å². The van der Waals surface area contributed by atoms with Gasteiger partial charge in [0.1, 0.15) is 5.76 Å². The normalized spacial score (nSPS) is 21.7. The van der Waals surface area contributed by atoms with Crippen LogP contribution in [0.15, 0.2) is 47.1 Å². The van der Waals surface area contributed by atoms with Crippen molar-refractivity contribution in [1.29, 1.82) is 0 Å². The van der Waals surface area contributed by atoms with Crippen LogP contribution in [0.3, 0.4) is 0 Å². The van der Waals surface area contributed by atoms with Gasteiger partial charge in [-0.2, -0.15) is 0 Å². The van der Waals surface area contributed by atoms with E-state index in [1.807, 2.05) is 24.3 Å². The van der Waals surface area contributed by atoms with Crippen molar-refractivity contribution in [1.82, 2.24) is 9.62 Å². The summed E-state index contributed by atoms with van der Waals surface area (Å²) in [6.45, 7) is 4.64. The van der Waals surface area contributed by atoms with Crippen LogP contribution in [-0.2, 0) is 16.6 Å². The number of sulfonamides is 1. The highest BCUT2D eigenvalue weighted by Crippen LogP contribution is 2.26. The summed E-state index contributed by atoms with van der Waals surface area (Å²) in [6, 6.07) is 12.2. The Morgan fingerprint density at radius 1 is 1.24 bits per heavy atom. The molecule has 2 unspecified atom stereocenters. The van der Waals surface area contributed by atoms with E-state index in [1.54, 1.807) is 6.26 Å². The van der Waals surface area contributed by atoms with Crippen LogP contribution < -0.4 is 4.72 Å². The third kappa shape index (κ3) is 4.93. The van der Waals surface area contributed by atoms with E-state index in [0.29, 0.717) is 5.92 Å². The molecule has 0 amide bonds. The predicted octanol–water partition coefficient (Wildman–Crippen LogP) is 3.10. The molecular weight excluding hydrogens is 336 g/mol. The molecule has 1 fully saturated rings. The third-order valence-corrected chi connectivity index (χ3v) is 5.41. The molecule has 0 bridgehead atoms.